The summed E-state index contributed by atoms with van der Waals surface area (Å²) in [7, 11) is 1.67. The lowest BCUT2D eigenvalue weighted by atomic mass is 10.1. The zero-order valence-electron chi connectivity index (χ0n) is 14.5. The van der Waals surface area contributed by atoms with Crippen molar-refractivity contribution < 1.29 is 18.5 Å². The van der Waals surface area contributed by atoms with Gasteiger partial charge in [0.1, 0.15) is 17.5 Å². The fourth-order valence-corrected chi connectivity index (χ4v) is 3.10. The van der Waals surface area contributed by atoms with Crippen LogP contribution in [0.1, 0.15) is 23.4 Å². The van der Waals surface area contributed by atoms with E-state index in [-0.39, 0.29) is 17.6 Å². The number of carbonyl (C=O) groups is 2. The lowest BCUT2D eigenvalue weighted by Crippen LogP contribution is -2.37. The summed E-state index contributed by atoms with van der Waals surface area (Å²) in [6.45, 7) is 4.41. The number of rotatable bonds is 4. The van der Waals surface area contributed by atoms with Gasteiger partial charge >= 0.3 is 0 Å². The zero-order chi connectivity index (χ0) is 18.1. The van der Waals surface area contributed by atoms with E-state index in [2.05, 4.69) is 5.16 Å². The van der Waals surface area contributed by atoms with Crippen LogP contribution in [0.15, 0.2) is 28.8 Å². The normalized spacial score (nSPS) is 17.2. The van der Waals surface area contributed by atoms with Gasteiger partial charge in [0.25, 0.3) is 0 Å². The average molecular weight is 345 g/mol. The molecule has 1 aliphatic heterocycles. The molecule has 132 valence electrons. The van der Waals surface area contributed by atoms with Crippen LogP contribution in [0.25, 0.3) is 0 Å². The number of hydrogen-bond donors (Lipinski definition) is 0. The third kappa shape index (κ3) is 3.26. The molecule has 0 bridgehead atoms. The highest BCUT2D eigenvalue weighted by Gasteiger charge is 2.39. The number of amides is 2. The largest absolute Gasteiger partial charge is 0.361 e. The zero-order valence-corrected chi connectivity index (χ0v) is 14.5. The first-order valence-electron chi connectivity index (χ1n) is 8.12. The number of anilines is 1. The van der Waals surface area contributed by atoms with Crippen LogP contribution >= 0.6 is 0 Å². The van der Waals surface area contributed by atoms with Gasteiger partial charge in [-0.3, -0.25) is 9.59 Å². The van der Waals surface area contributed by atoms with Crippen molar-refractivity contribution >= 4 is 17.5 Å². The standard InChI is InChI=1S/C18H20FN3O3/c1-11-16(12(2)25-20-11)10-21(3)17(23)15-8-9-22(18(15)24)14-6-4-13(19)5-7-14/h4-7,15H,8-10H2,1-3H3/t15-/m1/s1. The van der Waals surface area contributed by atoms with E-state index in [0.29, 0.717) is 31.0 Å². The molecular formula is C18H20FN3O3. The van der Waals surface area contributed by atoms with Gasteiger partial charge in [0, 0.05) is 24.8 Å². The Hall–Kier alpha value is -2.70. The molecule has 2 heterocycles. The number of aryl methyl sites for hydroxylation is 2. The molecule has 0 N–H and O–H groups in total. The summed E-state index contributed by atoms with van der Waals surface area (Å²) >= 11 is 0. The van der Waals surface area contributed by atoms with Crippen molar-refractivity contribution in [2.45, 2.75) is 26.8 Å². The monoisotopic (exact) mass is 345 g/mol. The number of benzene rings is 1. The SMILES string of the molecule is Cc1noc(C)c1CN(C)C(=O)[C@H]1CCN(c2ccc(F)cc2)C1=O. The van der Waals surface area contributed by atoms with E-state index >= 15 is 0 Å². The highest BCUT2D eigenvalue weighted by Crippen LogP contribution is 2.27. The fourth-order valence-electron chi connectivity index (χ4n) is 3.10. The second kappa shape index (κ2) is 6.66. The lowest BCUT2D eigenvalue weighted by Gasteiger charge is -2.21. The molecule has 0 unspecified atom stereocenters. The molecule has 0 radical (unpaired) electrons. The van der Waals surface area contributed by atoms with Crippen LogP contribution in [0.5, 0.6) is 0 Å². The first-order chi connectivity index (χ1) is 11.9. The van der Waals surface area contributed by atoms with Crippen LogP contribution in [0.2, 0.25) is 0 Å². The number of carbonyl (C=O) groups excluding carboxylic acids is 2. The van der Waals surface area contributed by atoms with Gasteiger partial charge < -0.3 is 14.3 Å². The molecule has 25 heavy (non-hydrogen) atoms. The molecule has 0 aliphatic carbocycles. The van der Waals surface area contributed by atoms with E-state index < -0.39 is 5.92 Å². The maximum Gasteiger partial charge on any atom is 0.239 e. The van der Waals surface area contributed by atoms with Crippen molar-refractivity contribution in [3.05, 3.63) is 47.1 Å². The average Bonchev–Trinajstić information content (AvgIpc) is 3.12. The minimum Gasteiger partial charge on any atom is -0.361 e. The summed E-state index contributed by atoms with van der Waals surface area (Å²) in [6.07, 6.45) is 0.445. The van der Waals surface area contributed by atoms with Crippen LogP contribution in [0.4, 0.5) is 10.1 Å². The van der Waals surface area contributed by atoms with Gasteiger partial charge in [-0.15, -0.1) is 0 Å². The van der Waals surface area contributed by atoms with Crippen molar-refractivity contribution in [1.82, 2.24) is 10.1 Å². The van der Waals surface area contributed by atoms with Crippen LogP contribution in [0, 0.1) is 25.6 Å². The quantitative estimate of drug-likeness (QED) is 0.799. The van der Waals surface area contributed by atoms with E-state index in [0.717, 1.165) is 11.3 Å². The molecule has 6 nitrogen and oxygen atoms in total. The van der Waals surface area contributed by atoms with E-state index in [4.69, 9.17) is 4.52 Å². The summed E-state index contributed by atoms with van der Waals surface area (Å²) in [4.78, 5) is 28.4. The topological polar surface area (TPSA) is 66.7 Å². The summed E-state index contributed by atoms with van der Waals surface area (Å²) in [6, 6.07) is 5.71. The van der Waals surface area contributed by atoms with Crippen molar-refractivity contribution in [3.8, 4) is 0 Å². The molecule has 1 aliphatic rings. The number of nitrogens with zero attached hydrogens (tertiary/aromatic N) is 3. The molecule has 1 fully saturated rings. The Morgan fingerprint density at radius 1 is 1.36 bits per heavy atom. The smallest absolute Gasteiger partial charge is 0.239 e. The second-order valence-electron chi connectivity index (χ2n) is 6.30. The molecule has 2 aromatic rings. The highest BCUT2D eigenvalue weighted by molar-refractivity contribution is 6.09. The van der Waals surface area contributed by atoms with E-state index in [1.807, 2.05) is 6.92 Å². The van der Waals surface area contributed by atoms with Crippen molar-refractivity contribution in [3.63, 3.8) is 0 Å². The van der Waals surface area contributed by atoms with E-state index in [1.54, 1.807) is 26.1 Å². The van der Waals surface area contributed by atoms with Gasteiger partial charge in [0.15, 0.2) is 0 Å². The predicted octanol–water partition coefficient (Wildman–Crippen LogP) is 2.44. The maximum atomic E-state index is 13.1. The fraction of sp³-hybridized carbons (Fsp3) is 0.389. The van der Waals surface area contributed by atoms with Crippen molar-refractivity contribution in [2.24, 2.45) is 5.92 Å². The van der Waals surface area contributed by atoms with Gasteiger partial charge in [-0.25, -0.2) is 4.39 Å². The van der Waals surface area contributed by atoms with Gasteiger partial charge in [-0.05, 0) is 44.5 Å². The Morgan fingerprint density at radius 2 is 2.04 bits per heavy atom. The predicted molar refractivity (Wildman–Crippen MR) is 89.3 cm³/mol. The summed E-state index contributed by atoms with van der Waals surface area (Å²) in [5.74, 6) is -0.877. The molecule has 1 atom stereocenters. The molecular weight excluding hydrogens is 325 g/mol. The van der Waals surface area contributed by atoms with Gasteiger partial charge in [0.2, 0.25) is 11.8 Å². The Kier molecular flexibility index (Phi) is 4.57. The van der Waals surface area contributed by atoms with Crippen LogP contribution in [-0.4, -0.2) is 35.5 Å². The molecule has 1 aromatic heterocycles. The van der Waals surface area contributed by atoms with E-state index in [1.165, 1.54) is 21.9 Å². The minimum atomic E-state index is -0.712. The Morgan fingerprint density at radius 3 is 2.64 bits per heavy atom. The molecule has 1 saturated heterocycles. The number of aromatic nitrogens is 1. The Bertz CT molecular complexity index is 781. The van der Waals surface area contributed by atoms with Crippen molar-refractivity contribution in [1.29, 1.82) is 0 Å². The summed E-state index contributed by atoms with van der Waals surface area (Å²) < 4.78 is 18.2. The van der Waals surface area contributed by atoms with Gasteiger partial charge in [-0.1, -0.05) is 5.16 Å². The molecule has 7 heteroatoms. The van der Waals surface area contributed by atoms with E-state index in [9.17, 15) is 14.0 Å². The Labute approximate surface area is 145 Å². The molecule has 0 saturated carbocycles. The third-order valence-corrected chi connectivity index (χ3v) is 4.59. The lowest BCUT2D eigenvalue weighted by molar-refractivity contribution is -0.139. The van der Waals surface area contributed by atoms with Crippen molar-refractivity contribution in [2.75, 3.05) is 18.5 Å². The first-order valence-corrected chi connectivity index (χ1v) is 8.12. The van der Waals surface area contributed by atoms with Crippen LogP contribution in [-0.2, 0) is 16.1 Å². The van der Waals surface area contributed by atoms with Gasteiger partial charge in [-0.2, -0.15) is 0 Å². The third-order valence-electron chi connectivity index (χ3n) is 4.59. The van der Waals surface area contributed by atoms with Crippen LogP contribution in [0.3, 0.4) is 0 Å². The summed E-state index contributed by atoms with van der Waals surface area (Å²) in [5.41, 5.74) is 2.20. The highest BCUT2D eigenvalue weighted by atomic mass is 19.1. The second-order valence-corrected chi connectivity index (χ2v) is 6.30. The molecule has 3 rings (SSSR count). The number of hydrogen-bond acceptors (Lipinski definition) is 4. The molecule has 2 amide bonds. The maximum absolute atomic E-state index is 13.1. The molecule has 0 spiro atoms. The molecule has 1 aromatic carbocycles. The van der Waals surface area contributed by atoms with Crippen LogP contribution < -0.4 is 4.90 Å². The first kappa shape index (κ1) is 17.1. The van der Waals surface area contributed by atoms with Gasteiger partial charge in [0.05, 0.1) is 12.2 Å². The summed E-state index contributed by atoms with van der Waals surface area (Å²) in [5, 5.41) is 3.88. The Balaban J connectivity index is 1.70. The minimum absolute atomic E-state index is 0.227. The number of halogens is 1.